The Kier molecular flexibility index (Phi) is 15.8. The van der Waals surface area contributed by atoms with Gasteiger partial charge in [-0.2, -0.15) is 0 Å². The maximum atomic E-state index is 13.3. The molecule has 246 valence electrons. The molecule has 14 nitrogen and oxygen atoms in total. The van der Waals surface area contributed by atoms with E-state index in [4.69, 9.17) is 46.1 Å². The number of nitrogens with one attached hydrogen (secondary N) is 1. The Morgan fingerprint density at radius 2 is 1.14 bits per heavy atom. The molecular weight excluding hydrogens is 590 g/mol. The Morgan fingerprint density at radius 1 is 0.674 bits per heavy atom. The number of carbonyl (C=O) groups is 6. The van der Waals surface area contributed by atoms with E-state index in [2.05, 4.69) is 5.32 Å². The van der Waals surface area contributed by atoms with Crippen molar-refractivity contribution in [2.75, 3.05) is 26.4 Å². The highest BCUT2D eigenvalue weighted by atomic mass is 32.1. The minimum atomic E-state index is -1.72. The molecule has 43 heavy (non-hydrogen) atoms. The molecule has 0 saturated carbocycles. The third-order valence-corrected chi connectivity index (χ3v) is 6.22. The van der Waals surface area contributed by atoms with Gasteiger partial charge < -0.3 is 39.2 Å². The fourth-order valence-corrected chi connectivity index (χ4v) is 3.09. The number of ether oxygens (including phenoxy) is 5. The second-order valence-corrected chi connectivity index (χ2v) is 12.7. The van der Waals surface area contributed by atoms with E-state index >= 15 is 0 Å². The summed E-state index contributed by atoms with van der Waals surface area (Å²) in [6.07, 6.45) is -2.13. The third kappa shape index (κ3) is 18.1. The van der Waals surface area contributed by atoms with E-state index in [1.165, 1.54) is 6.92 Å². The van der Waals surface area contributed by atoms with Crippen LogP contribution in [0.5, 0.6) is 0 Å². The molecule has 0 aliphatic rings. The number of carbonyl (C=O) groups excluding carboxylic acids is 4. The predicted octanol–water partition coefficient (Wildman–Crippen LogP) is 3.21. The van der Waals surface area contributed by atoms with E-state index in [0.717, 1.165) is 0 Å². The number of amides is 1. The van der Waals surface area contributed by atoms with Crippen LogP contribution in [0.2, 0.25) is 0 Å². The Balaban J connectivity index is 5.31. The zero-order valence-electron chi connectivity index (χ0n) is 26.2. The van der Waals surface area contributed by atoms with Gasteiger partial charge in [-0.15, -0.1) is 0 Å². The van der Waals surface area contributed by atoms with Crippen LogP contribution < -0.4 is 5.32 Å². The van der Waals surface area contributed by atoms with E-state index in [1.54, 1.807) is 48.5 Å². The van der Waals surface area contributed by atoms with Gasteiger partial charge in [-0.25, -0.2) is 4.79 Å². The Hall–Kier alpha value is -3.33. The van der Waals surface area contributed by atoms with E-state index < -0.39 is 97.1 Å². The molecule has 0 aliphatic heterocycles. The predicted molar refractivity (Wildman–Crippen MR) is 155 cm³/mol. The minimum Gasteiger partial charge on any atom is -0.481 e. The highest BCUT2D eigenvalue weighted by Crippen LogP contribution is 2.26. The van der Waals surface area contributed by atoms with Gasteiger partial charge in [-0.05, 0) is 61.8 Å². The standard InChI is InChI=1S/C28H45NO13S/c1-25(2,3)42-24(37)29-14-13-18(43)27(6,7)40-15-26(4,5)41-23(36)28(8,16-38-21(34)11-9-19(30)31)17-39-22(35)12-10-20(32)33/h9-17H2,1-8H3,(H,29,37)(H,30,31)(H,32,33). The van der Waals surface area contributed by atoms with Crippen molar-refractivity contribution in [2.45, 2.75) is 104 Å². The lowest BCUT2D eigenvalue weighted by Crippen LogP contribution is -2.47. The fraction of sp³-hybridized carbons (Fsp3) is 0.750. The molecule has 0 saturated heterocycles. The summed E-state index contributed by atoms with van der Waals surface area (Å²) >= 11 is 5.48. The van der Waals surface area contributed by atoms with Gasteiger partial charge in [0, 0.05) is 11.4 Å². The number of hydrogen-bond donors (Lipinski definition) is 3. The maximum absolute atomic E-state index is 13.3. The molecule has 0 bridgehead atoms. The van der Waals surface area contributed by atoms with Crippen LogP contribution in [-0.2, 0) is 47.7 Å². The largest absolute Gasteiger partial charge is 0.481 e. The van der Waals surface area contributed by atoms with Gasteiger partial charge in [0.05, 0.1) is 37.9 Å². The van der Waals surface area contributed by atoms with Crippen molar-refractivity contribution in [2.24, 2.45) is 5.41 Å². The molecule has 15 heteroatoms. The first kappa shape index (κ1) is 39.7. The van der Waals surface area contributed by atoms with Crippen LogP contribution in [0.4, 0.5) is 4.79 Å². The zero-order valence-corrected chi connectivity index (χ0v) is 27.0. The number of alkyl carbamates (subject to hydrolysis) is 1. The molecule has 0 aromatic carbocycles. The van der Waals surface area contributed by atoms with Crippen molar-refractivity contribution in [3.05, 3.63) is 0 Å². The van der Waals surface area contributed by atoms with Crippen LogP contribution in [0.15, 0.2) is 0 Å². The highest BCUT2D eigenvalue weighted by Gasteiger charge is 2.42. The second-order valence-electron chi connectivity index (χ2n) is 12.2. The van der Waals surface area contributed by atoms with Crippen molar-refractivity contribution in [1.29, 1.82) is 0 Å². The fourth-order valence-electron chi connectivity index (χ4n) is 2.93. The first-order valence-electron chi connectivity index (χ1n) is 13.6. The molecular formula is C28H45NO13S. The van der Waals surface area contributed by atoms with Gasteiger partial charge in [-0.3, -0.25) is 24.0 Å². The van der Waals surface area contributed by atoms with Gasteiger partial charge in [0.25, 0.3) is 0 Å². The number of carboxylic acid groups (broad SMARTS) is 2. The SMILES string of the molecule is CC(C)(C)OC(=O)NCCC(=S)C(C)(C)OCC(C)(C)OC(=O)C(C)(COC(=O)CCC(=O)O)COC(=O)CCC(=O)O. The topological polar surface area (TPSA) is 201 Å². The smallest absolute Gasteiger partial charge is 0.407 e. The van der Waals surface area contributed by atoms with Crippen molar-refractivity contribution in [3.63, 3.8) is 0 Å². The molecule has 0 aromatic rings. The molecule has 0 rings (SSSR count). The van der Waals surface area contributed by atoms with E-state index in [9.17, 15) is 28.8 Å². The number of thiocarbonyl (C=S) groups is 1. The molecule has 0 heterocycles. The molecule has 0 aromatic heterocycles. The summed E-state index contributed by atoms with van der Waals surface area (Å²) in [6.45, 7) is 12.0. The van der Waals surface area contributed by atoms with Crippen LogP contribution in [-0.4, -0.2) is 94.2 Å². The lowest BCUT2D eigenvalue weighted by Gasteiger charge is -2.35. The van der Waals surface area contributed by atoms with Crippen molar-refractivity contribution < 1.29 is 62.7 Å². The Morgan fingerprint density at radius 3 is 1.56 bits per heavy atom. The van der Waals surface area contributed by atoms with Crippen molar-refractivity contribution in [1.82, 2.24) is 5.32 Å². The molecule has 3 N–H and O–H groups in total. The van der Waals surface area contributed by atoms with E-state index in [-0.39, 0.29) is 13.2 Å². The monoisotopic (exact) mass is 635 g/mol. The number of rotatable bonds is 19. The van der Waals surface area contributed by atoms with Gasteiger partial charge in [0.2, 0.25) is 0 Å². The normalized spacial score (nSPS) is 12.1. The highest BCUT2D eigenvalue weighted by molar-refractivity contribution is 7.80. The molecule has 0 atom stereocenters. The molecule has 0 spiro atoms. The van der Waals surface area contributed by atoms with Crippen molar-refractivity contribution >= 4 is 53.0 Å². The molecule has 0 unspecified atom stereocenters. The van der Waals surface area contributed by atoms with Crippen LogP contribution >= 0.6 is 12.2 Å². The summed E-state index contributed by atoms with van der Waals surface area (Å²) in [4.78, 5) is 71.1. The quantitative estimate of drug-likeness (QED) is 0.106. The number of carboxylic acids is 2. The molecule has 0 aliphatic carbocycles. The van der Waals surface area contributed by atoms with Crippen LogP contribution in [0.1, 0.15) is 87.5 Å². The third-order valence-electron chi connectivity index (χ3n) is 5.52. The molecule has 0 radical (unpaired) electrons. The van der Waals surface area contributed by atoms with Crippen LogP contribution in [0.25, 0.3) is 0 Å². The Labute approximate surface area is 257 Å². The first-order chi connectivity index (χ1) is 19.5. The summed E-state index contributed by atoms with van der Waals surface area (Å²) < 4.78 is 27.0. The van der Waals surface area contributed by atoms with Gasteiger partial charge in [0.1, 0.15) is 29.8 Å². The molecule has 1 amide bonds. The lowest BCUT2D eigenvalue weighted by atomic mass is 9.92. The van der Waals surface area contributed by atoms with E-state index in [0.29, 0.717) is 11.3 Å². The van der Waals surface area contributed by atoms with Crippen LogP contribution in [0.3, 0.4) is 0 Å². The van der Waals surface area contributed by atoms with Gasteiger partial charge in [-0.1, -0.05) is 12.2 Å². The van der Waals surface area contributed by atoms with Gasteiger partial charge in [0.15, 0.2) is 0 Å². The lowest BCUT2D eigenvalue weighted by molar-refractivity contribution is -0.186. The summed E-state index contributed by atoms with van der Waals surface area (Å²) in [5, 5.41) is 20.1. The summed E-state index contributed by atoms with van der Waals surface area (Å²) in [6, 6.07) is 0. The van der Waals surface area contributed by atoms with Gasteiger partial charge >= 0.3 is 35.9 Å². The summed E-state index contributed by atoms with van der Waals surface area (Å²) in [7, 11) is 0. The maximum Gasteiger partial charge on any atom is 0.407 e. The number of hydrogen-bond acceptors (Lipinski definition) is 12. The first-order valence-corrected chi connectivity index (χ1v) is 14.0. The van der Waals surface area contributed by atoms with Crippen molar-refractivity contribution in [3.8, 4) is 0 Å². The van der Waals surface area contributed by atoms with Crippen LogP contribution in [0, 0.1) is 5.41 Å². The zero-order chi connectivity index (χ0) is 33.6. The molecule has 0 fully saturated rings. The number of esters is 3. The minimum absolute atomic E-state index is 0.127. The average molecular weight is 636 g/mol. The Bertz CT molecular complexity index is 996. The summed E-state index contributed by atoms with van der Waals surface area (Å²) in [5.74, 6) is -5.12. The average Bonchev–Trinajstić information content (AvgIpc) is 2.85. The summed E-state index contributed by atoms with van der Waals surface area (Å²) in [5.41, 5.74) is -4.57. The van der Waals surface area contributed by atoms with E-state index in [1.807, 2.05) is 0 Å². The second kappa shape index (κ2) is 17.1. The number of aliphatic carboxylic acids is 2.